The Morgan fingerprint density at radius 3 is 2.90 bits per heavy atom. The van der Waals surface area contributed by atoms with Crippen LogP contribution in [0, 0.1) is 0 Å². The molecule has 2 unspecified atom stereocenters. The molecule has 1 aromatic rings. The minimum Gasteiger partial charge on any atom is -0.486 e. The molecule has 2 aliphatic heterocycles. The van der Waals surface area contributed by atoms with Crippen LogP contribution in [0.15, 0.2) is 18.2 Å². The van der Waals surface area contributed by atoms with E-state index >= 15 is 0 Å². The molecule has 0 aromatic heterocycles. The van der Waals surface area contributed by atoms with Crippen molar-refractivity contribution in [2.24, 2.45) is 0 Å². The van der Waals surface area contributed by atoms with Gasteiger partial charge in [0.05, 0.1) is 0 Å². The van der Waals surface area contributed by atoms with Crippen LogP contribution < -0.4 is 14.8 Å². The van der Waals surface area contributed by atoms with Crippen LogP contribution in [0.2, 0.25) is 0 Å². The number of ether oxygens (including phenoxy) is 2. The number of fused-ring (bicyclic) bond motifs is 1. The summed E-state index contributed by atoms with van der Waals surface area (Å²) in [5, 5.41) is 3.65. The summed E-state index contributed by atoms with van der Waals surface area (Å²) in [6, 6.07) is 7.22. The molecule has 0 aliphatic carbocycles. The fraction of sp³-hybridized carbons (Fsp3) is 0.625. The van der Waals surface area contributed by atoms with E-state index < -0.39 is 0 Å². The maximum Gasteiger partial charge on any atom is 0.161 e. The van der Waals surface area contributed by atoms with Gasteiger partial charge in [0.25, 0.3) is 0 Å². The van der Waals surface area contributed by atoms with Crippen molar-refractivity contribution in [3.05, 3.63) is 23.8 Å². The van der Waals surface area contributed by atoms with Gasteiger partial charge in [0.2, 0.25) is 0 Å². The van der Waals surface area contributed by atoms with Gasteiger partial charge < -0.3 is 14.8 Å². The Kier molecular flexibility index (Phi) is 4.93. The lowest BCUT2D eigenvalue weighted by molar-refractivity contribution is 0.170. The first-order chi connectivity index (χ1) is 10.3. The van der Waals surface area contributed by atoms with Gasteiger partial charge in [0.1, 0.15) is 13.2 Å². The fourth-order valence-electron chi connectivity index (χ4n) is 3.01. The summed E-state index contributed by atoms with van der Waals surface area (Å²) in [4.78, 5) is 2.47. The smallest absolute Gasteiger partial charge is 0.161 e. The SMILES string of the molecule is CCNC(c1ccc2c(c1)OCCO2)C1CSCCN1C. The molecule has 5 heteroatoms. The first-order valence-electron chi connectivity index (χ1n) is 7.70. The third kappa shape index (κ3) is 3.30. The van der Waals surface area contributed by atoms with Crippen LogP contribution in [-0.4, -0.2) is 55.8 Å². The molecule has 0 spiro atoms. The van der Waals surface area contributed by atoms with Crippen LogP contribution in [-0.2, 0) is 0 Å². The Bertz CT molecular complexity index is 483. The van der Waals surface area contributed by atoms with Crippen molar-refractivity contribution < 1.29 is 9.47 Å². The molecule has 0 saturated carbocycles. The number of benzene rings is 1. The molecule has 0 radical (unpaired) electrons. The highest BCUT2D eigenvalue weighted by Crippen LogP contribution is 2.35. The van der Waals surface area contributed by atoms with Gasteiger partial charge in [-0.15, -0.1) is 0 Å². The van der Waals surface area contributed by atoms with E-state index in [2.05, 4.69) is 36.3 Å². The van der Waals surface area contributed by atoms with E-state index in [-0.39, 0.29) is 0 Å². The minimum absolute atomic E-state index is 0.337. The molecule has 1 fully saturated rings. The first kappa shape index (κ1) is 15.0. The second kappa shape index (κ2) is 6.90. The molecule has 116 valence electrons. The lowest BCUT2D eigenvalue weighted by Gasteiger charge is -2.38. The van der Waals surface area contributed by atoms with E-state index in [0.29, 0.717) is 25.3 Å². The number of hydrogen-bond donors (Lipinski definition) is 1. The van der Waals surface area contributed by atoms with Crippen molar-refractivity contribution >= 4 is 11.8 Å². The predicted molar refractivity (Wildman–Crippen MR) is 87.6 cm³/mol. The third-order valence-corrected chi connectivity index (χ3v) is 5.23. The van der Waals surface area contributed by atoms with Crippen molar-refractivity contribution in [3.8, 4) is 11.5 Å². The number of likely N-dealkylation sites (N-methyl/N-ethyl adjacent to an activating group) is 2. The largest absolute Gasteiger partial charge is 0.486 e. The molecule has 0 bridgehead atoms. The number of hydrogen-bond acceptors (Lipinski definition) is 5. The van der Waals surface area contributed by atoms with Gasteiger partial charge in [0.15, 0.2) is 11.5 Å². The highest BCUT2D eigenvalue weighted by molar-refractivity contribution is 7.99. The molecule has 21 heavy (non-hydrogen) atoms. The Hall–Kier alpha value is -0.910. The molecular formula is C16H24N2O2S. The van der Waals surface area contributed by atoms with Gasteiger partial charge in [-0.05, 0) is 31.3 Å². The van der Waals surface area contributed by atoms with Crippen LogP contribution >= 0.6 is 11.8 Å². The third-order valence-electron chi connectivity index (χ3n) is 4.18. The van der Waals surface area contributed by atoms with Crippen LogP contribution in [0.25, 0.3) is 0 Å². The molecule has 1 saturated heterocycles. The second-order valence-corrected chi connectivity index (χ2v) is 6.71. The van der Waals surface area contributed by atoms with E-state index in [0.717, 1.165) is 24.6 Å². The monoisotopic (exact) mass is 308 g/mol. The van der Waals surface area contributed by atoms with Crippen molar-refractivity contribution in [2.45, 2.75) is 19.0 Å². The minimum atomic E-state index is 0.337. The van der Waals surface area contributed by atoms with Crippen LogP contribution in [0.3, 0.4) is 0 Å². The Morgan fingerprint density at radius 1 is 1.33 bits per heavy atom. The quantitative estimate of drug-likeness (QED) is 0.922. The fourth-order valence-corrected chi connectivity index (χ4v) is 4.28. The molecule has 2 heterocycles. The summed E-state index contributed by atoms with van der Waals surface area (Å²) in [5.41, 5.74) is 1.29. The molecular weight excluding hydrogens is 284 g/mol. The first-order valence-corrected chi connectivity index (χ1v) is 8.86. The van der Waals surface area contributed by atoms with E-state index in [1.165, 1.54) is 17.1 Å². The number of nitrogens with one attached hydrogen (secondary N) is 1. The molecule has 1 aromatic carbocycles. The molecule has 2 aliphatic rings. The van der Waals surface area contributed by atoms with Gasteiger partial charge in [0, 0.05) is 30.1 Å². The molecule has 0 amide bonds. The summed E-state index contributed by atoms with van der Waals surface area (Å²) in [5.74, 6) is 4.15. The van der Waals surface area contributed by atoms with E-state index in [1.54, 1.807) is 0 Å². The van der Waals surface area contributed by atoms with Crippen molar-refractivity contribution in [3.63, 3.8) is 0 Å². The van der Waals surface area contributed by atoms with E-state index in [1.807, 2.05) is 17.8 Å². The Balaban J connectivity index is 1.86. The molecule has 3 rings (SSSR count). The molecule has 4 nitrogen and oxygen atoms in total. The maximum absolute atomic E-state index is 5.73. The maximum atomic E-state index is 5.73. The van der Waals surface area contributed by atoms with Gasteiger partial charge in [-0.25, -0.2) is 0 Å². The summed E-state index contributed by atoms with van der Waals surface area (Å²) in [6.45, 7) is 5.57. The summed E-state index contributed by atoms with van der Waals surface area (Å²) in [6.07, 6.45) is 0. The normalized spacial score (nSPS) is 23.8. The summed E-state index contributed by atoms with van der Waals surface area (Å²) in [7, 11) is 2.23. The van der Waals surface area contributed by atoms with Crippen LogP contribution in [0.5, 0.6) is 11.5 Å². The predicted octanol–water partition coefficient (Wildman–Crippen LogP) is 2.16. The van der Waals surface area contributed by atoms with E-state index in [4.69, 9.17) is 9.47 Å². The molecule has 2 atom stereocenters. The second-order valence-electron chi connectivity index (χ2n) is 5.56. The van der Waals surface area contributed by atoms with Gasteiger partial charge in [-0.1, -0.05) is 13.0 Å². The number of thioether (sulfide) groups is 1. The average molecular weight is 308 g/mol. The summed E-state index contributed by atoms with van der Waals surface area (Å²) >= 11 is 2.05. The van der Waals surface area contributed by atoms with Crippen molar-refractivity contribution in [1.29, 1.82) is 0 Å². The zero-order chi connectivity index (χ0) is 14.7. The number of rotatable bonds is 4. The Morgan fingerprint density at radius 2 is 2.14 bits per heavy atom. The standard InChI is InChI=1S/C16H24N2O2S/c1-3-17-16(13-11-21-9-6-18(13)2)12-4-5-14-15(10-12)20-8-7-19-14/h4-5,10,13,16-17H,3,6-9,11H2,1-2H3. The van der Waals surface area contributed by atoms with Gasteiger partial charge in [-0.3, -0.25) is 4.90 Å². The van der Waals surface area contributed by atoms with Crippen molar-refractivity contribution in [1.82, 2.24) is 10.2 Å². The van der Waals surface area contributed by atoms with Gasteiger partial charge >= 0.3 is 0 Å². The summed E-state index contributed by atoms with van der Waals surface area (Å²) < 4.78 is 11.4. The zero-order valence-corrected chi connectivity index (χ0v) is 13.6. The van der Waals surface area contributed by atoms with Crippen molar-refractivity contribution in [2.75, 3.05) is 44.9 Å². The Labute approximate surface area is 131 Å². The van der Waals surface area contributed by atoms with Crippen LogP contribution in [0.1, 0.15) is 18.5 Å². The topological polar surface area (TPSA) is 33.7 Å². The lowest BCUT2D eigenvalue weighted by atomic mass is 9.98. The molecule has 1 N–H and O–H groups in total. The highest BCUT2D eigenvalue weighted by atomic mass is 32.2. The number of nitrogens with zero attached hydrogens (tertiary/aromatic N) is 1. The van der Waals surface area contributed by atoms with E-state index in [9.17, 15) is 0 Å². The average Bonchev–Trinajstić information content (AvgIpc) is 2.53. The lowest BCUT2D eigenvalue weighted by Crippen LogP contribution is -2.47. The zero-order valence-electron chi connectivity index (χ0n) is 12.8. The van der Waals surface area contributed by atoms with Crippen LogP contribution in [0.4, 0.5) is 0 Å². The highest BCUT2D eigenvalue weighted by Gasteiger charge is 2.29. The van der Waals surface area contributed by atoms with Gasteiger partial charge in [-0.2, -0.15) is 11.8 Å².